The molecule has 6 heterocycles. The van der Waals surface area contributed by atoms with Crippen LogP contribution in [0.4, 0.5) is 11.6 Å². The zero-order valence-electron chi connectivity index (χ0n) is 35.3. The number of hydrogen-bond acceptors (Lipinski definition) is 13. The first-order valence-electron chi connectivity index (χ1n) is 20.2. The zero-order valence-corrected chi connectivity index (χ0v) is 36.7. The molecule has 2 saturated heterocycles. The third kappa shape index (κ3) is 16.6. The average Bonchev–Trinajstić information content (AvgIpc) is 3.76. The maximum Gasteiger partial charge on any atom is 0.264 e. The Morgan fingerprint density at radius 2 is 1.07 bits per heavy atom. The predicted octanol–water partition coefficient (Wildman–Crippen LogP) is 8.14. The van der Waals surface area contributed by atoms with E-state index in [2.05, 4.69) is 66.1 Å². The second-order valence-corrected chi connectivity index (χ2v) is 18.3. The van der Waals surface area contributed by atoms with Crippen molar-refractivity contribution in [2.75, 3.05) is 68.1 Å². The second-order valence-electron chi connectivity index (χ2n) is 13.6. The van der Waals surface area contributed by atoms with Crippen LogP contribution in [0.25, 0.3) is 33.6 Å². The van der Waals surface area contributed by atoms with Gasteiger partial charge in [0.2, 0.25) is 20.6 Å². The fourth-order valence-electron chi connectivity index (χ4n) is 6.62. The van der Waals surface area contributed by atoms with Crippen molar-refractivity contribution < 1.29 is 27.5 Å². The van der Waals surface area contributed by atoms with Crippen LogP contribution in [0.15, 0.2) is 73.1 Å². The molecule has 61 heavy (non-hydrogen) atoms. The molecule has 0 bridgehead atoms. The summed E-state index contributed by atoms with van der Waals surface area (Å²) in [5.41, 5.74) is 4.00. The molecular weight excluding hydrogens is 838 g/mol. The van der Waals surface area contributed by atoms with Crippen LogP contribution in [0.2, 0.25) is 0 Å². The number of para-hydroxylation sites is 4. The minimum atomic E-state index is -3.40. The number of rotatable bonds is 7. The van der Waals surface area contributed by atoms with Crippen LogP contribution in [0.5, 0.6) is 0 Å². The van der Waals surface area contributed by atoms with Crippen molar-refractivity contribution in [3.8, 4) is 0 Å². The highest BCUT2D eigenvalue weighted by Gasteiger charge is 2.24. The minimum absolute atomic E-state index is 0. The number of fused-ring (bicyclic) bond motifs is 6. The summed E-state index contributed by atoms with van der Waals surface area (Å²) < 4.78 is 56.5. The quantitative estimate of drug-likeness (QED) is 0.121. The Labute approximate surface area is 370 Å². The molecule has 18 heteroatoms. The van der Waals surface area contributed by atoms with Crippen LogP contribution >= 0.6 is 10.7 Å². The number of aliphatic hydroxyl groups excluding tert-OH is 1. The van der Waals surface area contributed by atoms with Gasteiger partial charge in [0.25, 0.3) is 10.1 Å². The molecule has 0 saturated carbocycles. The van der Waals surface area contributed by atoms with Crippen LogP contribution in [0.3, 0.4) is 0 Å². The van der Waals surface area contributed by atoms with E-state index in [4.69, 9.17) is 5.55 Å². The number of piperidine rings is 2. The molecule has 2 aliphatic rings. The maximum absolute atomic E-state index is 11.2. The van der Waals surface area contributed by atoms with Crippen molar-refractivity contribution in [2.45, 2.75) is 94.8 Å². The zero-order chi connectivity index (χ0) is 43.2. The number of nitrogens with zero attached hydrogens (tertiary/aromatic N) is 9. The summed E-state index contributed by atoms with van der Waals surface area (Å²) >= 11 is 0. The number of aromatic nitrogens is 6. The van der Waals surface area contributed by atoms with Crippen molar-refractivity contribution in [3.05, 3.63) is 73.1 Å². The average molecular weight is 910 g/mol. The van der Waals surface area contributed by atoms with Crippen LogP contribution in [-0.4, -0.2) is 126 Å². The molecular formula is C43H70ClN9O6S2. The number of hydrogen-bond donors (Lipinski definition) is 1. The molecule has 0 atom stereocenters. The van der Waals surface area contributed by atoms with Crippen molar-refractivity contribution in [1.29, 1.82) is 0 Å². The van der Waals surface area contributed by atoms with Gasteiger partial charge in [-0.25, -0.2) is 18.4 Å². The SMILES string of the molecule is C.C.C.CCN(CC)CC.CS(=O)(=O)Cl.CS(=O)(=O)OC1CCN(c2ccn3c(n2)nc2ccccc23)CC1.OC1CCN(c2ccn3c(n2)nc2ccccc23)CC1.[2H]CC. The van der Waals surface area contributed by atoms with Gasteiger partial charge in [0, 0.05) is 50.6 Å². The van der Waals surface area contributed by atoms with Crippen molar-refractivity contribution >= 4 is 75.1 Å². The number of halogens is 1. The highest BCUT2D eigenvalue weighted by atomic mass is 35.7. The van der Waals surface area contributed by atoms with E-state index in [0.717, 1.165) is 77.9 Å². The topological polar surface area (TPSA) is 168 Å². The molecule has 0 unspecified atom stereocenters. The van der Waals surface area contributed by atoms with Crippen LogP contribution in [0, 0.1) is 0 Å². The molecule has 1 N–H and O–H groups in total. The molecule has 2 aromatic carbocycles. The van der Waals surface area contributed by atoms with Gasteiger partial charge < -0.3 is 19.8 Å². The Hall–Kier alpha value is -4.13. The molecule has 6 aromatic rings. The highest BCUT2D eigenvalue weighted by Crippen LogP contribution is 2.24. The van der Waals surface area contributed by atoms with Gasteiger partial charge in [0.15, 0.2) is 0 Å². The van der Waals surface area contributed by atoms with Gasteiger partial charge in [0.05, 0.1) is 46.8 Å². The van der Waals surface area contributed by atoms with Gasteiger partial charge >= 0.3 is 0 Å². The van der Waals surface area contributed by atoms with Gasteiger partial charge in [-0.3, -0.25) is 13.0 Å². The largest absolute Gasteiger partial charge is 0.393 e. The molecule has 8 rings (SSSR count). The molecule has 2 fully saturated rings. The summed E-state index contributed by atoms with van der Waals surface area (Å²) in [5.74, 6) is 3.20. The van der Waals surface area contributed by atoms with Gasteiger partial charge in [0.1, 0.15) is 11.6 Å². The molecule has 342 valence electrons. The third-order valence-electron chi connectivity index (χ3n) is 9.54. The van der Waals surface area contributed by atoms with Crippen LogP contribution in [-0.2, 0) is 23.4 Å². The van der Waals surface area contributed by atoms with Gasteiger partial charge in [-0.1, -0.05) is 81.1 Å². The van der Waals surface area contributed by atoms with Crippen molar-refractivity contribution in [2.24, 2.45) is 0 Å². The number of imidazole rings is 2. The van der Waals surface area contributed by atoms with E-state index < -0.39 is 19.2 Å². The van der Waals surface area contributed by atoms with Crippen molar-refractivity contribution in [1.82, 2.24) is 33.6 Å². The number of benzene rings is 2. The van der Waals surface area contributed by atoms with Gasteiger partial charge in [-0.05, 0) is 81.7 Å². The first-order valence-corrected chi connectivity index (χ1v) is 24.1. The molecule has 4 aromatic heterocycles. The van der Waals surface area contributed by atoms with Gasteiger partial charge in [-0.15, -0.1) is 0 Å². The van der Waals surface area contributed by atoms with E-state index in [1.807, 2.05) is 81.9 Å². The Balaban J connectivity index is 0.000000456. The highest BCUT2D eigenvalue weighted by molar-refractivity contribution is 8.13. The third-order valence-corrected chi connectivity index (χ3v) is 10.2. The number of aliphatic hydroxyl groups is 1. The van der Waals surface area contributed by atoms with E-state index in [1.165, 1.54) is 19.6 Å². The van der Waals surface area contributed by atoms with Crippen LogP contribution in [0.1, 0.15) is 83.9 Å². The molecule has 0 aliphatic carbocycles. The van der Waals surface area contributed by atoms with Gasteiger partial charge in [-0.2, -0.15) is 18.4 Å². The molecule has 0 radical (unpaired) electrons. The lowest BCUT2D eigenvalue weighted by Gasteiger charge is -2.31. The summed E-state index contributed by atoms with van der Waals surface area (Å²) in [5, 5.41) is 9.58. The maximum atomic E-state index is 11.2. The molecule has 2 aliphatic heterocycles. The van der Waals surface area contributed by atoms with Crippen molar-refractivity contribution in [3.63, 3.8) is 0 Å². The Morgan fingerprint density at radius 1 is 0.705 bits per heavy atom. The summed E-state index contributed by atoms with van der Waals surface area (Å²) in [6.45, 7) is 15.5. The Kier molecular flexibility index (Phi) is 22.3. The van der Waals surface area contributed by atoms with E-state index in [1.54, 1.807) is 6.92 Å². The van der Waals surface area contributed by atoms with E-state index in [0.29, 0.717) is 38.6 Å². The second kappa shape index (κ2) is 25.7. The monoisotopic (exact) mass is 908 g/mol. The lowest BCUT2D eigenvalue weighted by atomic mass is 10.1. The predicted molar refractivity (Wildman–Crippen MR) is 255 cm³/mol. The Bertz CT molecular complexity index is 2420. The Morgan fingerprint density at radius 3 is 1.41 bits per heavy atom. The molecule has 0 amide bonds. The normalized spacial score (nSPS) is 14.7. The lowest BCUT2D eigenvalue weighted by Crippen LogP contribution is -2.38. The first kappa shape index (κ1) is 53.0. The number of anilines is 2. The standard InChI is InChI=1S/C16H18N4O3S.C15H16N4O.C6H15N.C2H6.CH3ClO2S.3CH4/c1-24(21,22)23-12-6-9-19(10-7-12)15-8-11-20-14-5-3-2-4-13(14)17-16(20)18-15;20-11-5-8-18(9-6-11)14-7-10-19-13-4-2-1-3-12(13)16-15(19)17-14;1-4-7(5-2)6-3;1-2;1-5(2,3)4;;;/h2-5,8,11-12H,6-7,9-10H2,1H3;1-4,7,10-11,20H,5-6,8-9H2;4-6H2,1-3H3;1-2H3;1H3;3*1H4/i;;;1D;;;;. The summed E-state index contributed by atoms with van der Waals surface area (Å²) in [6.07, 6.45) is 8.56. The smallest absolute Gasteiger partial charge is 0.264 e. The van der Waals surface area contributed by atoms with E-state index >= 15 is 0 Å². The fourth-order valence-corrected chi connectivity index (χ4v) is 7.31. The minimum Gasteiger partial charge on any atom is -0.393 e. The van der Waals surface area contributed by atoms with E-state index in [9.17, 15) is 21.9 Å². The van der Waals surface area contributed by atoms with Crippen LogP contribution < -0.4 is 9.80 Å². The summed E-state index contributed by atoms with van der Waals surface area (Å²) in [7, 11) is -2.09. The fraction of sp³-hybridized carbons (Fsp3) is 0.535. The summed E-state index contributed by atoms with van der Waals surface area (Å²) in [4.78, 5) is 25.2. The first-order chi connectivity index (χ1) is 28.1. The van der Waals surface area contributed by atoms with E-state index in [-0.39, 0.29) is 34.5 Å². The molecule has 15 nitrogen and oxygen atoms in total. The molecule has 0 spiro atoms. The summed E-state index contributed by atoms with van der Waals surface area (Å²) in [6, 6.07) is 20.0. The lowest BCUT2D eigenvalue weighted by molar-refractivity contribution is 0.145.